The third-order valence-electron chi connectivity index (χ3n) is 3.51. The maximum Gasteiger partial charge on any atom is 0.318 e. The molecule has 1 aromatic carbocycles. The van der Waals surface area contributed by atoms with E-state index in [1.54, 1.807) is 23.4 Å². The van der Waals surface area contributed by atoms with Gasteiger partial charge in [0.25, 0.3) is 0 Å². The van der Waals surface area contributed by atoms with Crippen LogP contribution in [0.4, 0.5) is 4.79 Å². The first kappa shape index (κ1) is 14.2. The van der Waals surface area contributed by atoms with Crippen molar-refractivity contribution < 1.29 is 4.79 Å². The van der Waals surface area contributed by atoms with Gasteiger partial charge in [0.2, 0.25) is 0 Å². The van der Waals surface area contributed by atoms with Crippen LogP contribution in [0.5, 0.6) is 0 Å². The Hall–Kier alpha value is -1.72. The SMILES string of the molecule is O=C(NCc1ccc(Cl)cc1Cl)N1CCc2[nH]cnc2C1. The summed E-state index contributed by atoms with van der Waals surface area (Å²) < 4.78 is 0. The molecule has 0 aliphatic carbocycles. The summed E-state index contributed by atoms with van der Waals surface area (Å²) in [7, 11) is 0. The Kier molecular flexibility index (Phi) is 4.03. The zero-order valence-electron chi connectivity index (χ0n) is 11.2. The van der Waals surface area contributed by atoms with Crippen molar-refractivity contribution in [3.05, 3.63) is 51.5 Å². The molecule has 0 unspecified atom stereocenters. The third kappa shape index (κ3) is 3.14. The summed E-state index contributed by atoms with van der Waals surface area (Å²) in [5.74, 6) is 0. The molecule has 2 aromatic rings. The highest BCUT2D eigenvalue weighted by Gasteiger charge is 2.22. The summed E-state index contributed by atoms with van der Waals surface area (Å²) >= 11 is 11.9. The first-order chi connectivity index (χ1) is 10.1. The number of aromatic amines is 1. The Bertz CT molecular complexity index is 671. The maximum absolute atomic E-state index is 12.2. The van der Waals surface area contributed by atoms with E-state index in [-0.39, 0.29) is 6.03 Å². The lowest BCUT2D eigenvalue weighted by Crippen LogP contribution is -2.42. The van der Waals surface area contributed by atoms with Gasteiger partial charge in [-0.05, 0) is 17.7 Å². The van der Waals surface area contributed by atoms with E-state index < -0.39 is 0 Å². The van der Waals surface area contributed by atoms with Crippen molar-refractivity contribution in [3.63, 3.8) is 0 Å². The summed E-state index contributed by atoms with van der Waals surface area (Å²) in [6, 6.07) is 5.12. The minimum absolute atomic E-state index is 0.116. The average Bonchev–Trinajstić information content (AvgIpc) is 2.93. The predicted octanol–water partition coefficient (Wildman–Crippen LogP) is 2.98. The lowest BCUT2D eigenvalue weighted by atomic mass is 10.1. The second kappa shape index (κ2) is 5.95. The van der Waals surface area contributed by atoms with Crippen LogP contribution >= 0.6 is 23.2 Å². The number of carbonyl (C=O) groups excluding carboxylic acids is 1. The molecule has 1 aliphatic rings. The predicted molar refractivity (Wildman–Crippen MR) is 81.4 cm³/mol. The number of halogens is 2. The molecular formula is C14H14Cl2N4O. The Labute approximate surface area is 132 Å². The monoisotopic (exact) mass is 324 g/mol. The van der Waals surface area contributed by atoms with Crippen LogP contribution in [0.15, 0.2) is 24.5 Å². The van der Waals surface area contributed by atoms with Crippen molar-refractivity contribution >= 4 is 29.2 Å². The number of fused-ring (bicyclic) bond motifs is 1. The summed E-state index contributed by atoms with van der Waals surface area (Å²) in [5, 5.41) is 4.01. The van der Waals surface area contributed by atoms with Crippen LogP contribution < -0.4 is 5.32 Å². The Morgan fingerprint density at radius 3 is 3.10 bits per heavy atom. The number of nitrogens with zero attached hydrogens (tertiary/aromatic N) is 2. The van der Waals surface area contributed by atoms with Gasteiger partial charge in [0, 0.05) is 35.2 Å². The van der Waals surface area contributed by atoms with Crippen molar-refractivity contribution in [3.8, 4) is 0 Å². The van der Waals surface area contributed by atoms with Gasteiger partial charge in [-0.25, -0.2) is 9.78 Å². The van der Waals surface area contributed by atoms with Gasteiger partial charge < -0.3 is 15.2 Å². The minimum atomic E-state index is -0.116. The van der Waals surface area contributed by atoms with Gasteiger partial charge in [0.1, 0.15) is 0 Å². The number of aromatic nitrogens is 2. The van der Waals surface area contributed by atoms with Gasteiger partial charge in [-0.1, -0.05) is 29.3 Å². The number of carbonyl (C=O) groups is 1. The van der Waals surface area contributed by atoms with Crippen LogP contribution in [0, 0.1) is 0 Å². The van der Waals surface area contributed by atoms with E-state index in [4.69, 9.17) is 23.2 Å². The molecule has 2 heterocycles. The van der Waals surface area contributed by atoms with Gasteiger partial charge in [0.05, 0.1) is 18.6 Å². The van der Waals surface area contributed by atoms with Crippen molar-refractivity contribution in [2.24, 2.45) is 0 Å². The molecule has 0 bridgehead atoms. The van der Waals surface area contributed by atoms with E-state index >= 15 is 0 Å². The standard InChI is InChI=1S/C14H14Cl2N4O/c15-10-2-1-9(11(16)5-10)6-17-14(21)20-4-3-12-13(7-20)19-8-18-12/h1-2,5,8H,3-4,6-7H2,(H,17,21)(H,18,19). The number of hydrogen-bond acceptors (Lipinski definition) is 2. The van der Waals surface area contributed by atoms with Crippen molar-refractivity contribution in [1.29, 1.82) is 0 Å². The molecule has 0 radical (unpaired) electrons. The van der Waals surface area contributed by atoms with E-state index in [9.17, 15) is 4.79 Å². The van der Waals surface area contributed by atoms with Crippen LogP contribution in [0.25, 0.3) is 0 Å². The van der Waals surface area contributed by atoms with E-state index in [2.05, 4.69) is 15.3 Å². The summed E-state index contributed by atoms with van der Waals surface area (Å²) in [5.41, 5.74) is 2.88. The number of rotatable bonds is 2. The normalized spacial score (nSPS) is 13.9. The molecule has 0 saturated carbocycles. The zero-order valence-corrected chi connectivity index (χ0v) is 12.7. The van der Waals surface area contributed by atoms with E-state index in [1.807, 2.05) is 6.07 Å². The molecule has 0 atom stereocenters. The van der Waals surface area contributed by atoms with Crippen molar-refractivity contribution in [2.75, 3.05) is 6.54 Å². The first-order valence-electron chi connectivity index (χ1n) is 6.61. The molecule has 0 spiro atoms. The average molecular weight is 325 g/mol. The topological polar surface area (TPSA) is 61.0 Å². The molecule has 2 amide bonds. The highest BCUT2D eigenvalue weighted by Crippen LogP contribution is 2.21. The first-order valence-corrected chi connectivity index (χ1v) is 7.37. The number of nitrogens with one attached hydrogen (secondary N) is 2. The van der Waals surface area contributed by atoms with Crippen LogP contribution in [-0.2, 0) is 19.5 Å². The van der Waals surface area contributed by atoms with E-state index in [1.165, 1.54) is 0 Å². The summed E-state index contributed by atoms with van der Waals surface area (Å²) in [6.45, 7) is 1.58. The van der Waals surface area contributed by atoms with Crippen molar-refractivity contribution in [2.45, 2.75) is 19.5 Å². The van der Waals surface area contributed by atoms with Gasteiger partial charge in [-0.15, -0.1) is 0 Å². The molecule has 0 saturated heterocycles. The van der Waals surface area contributed by atoms with E-state index in [0.29, 0.717) is 29.7 Å². The molecule has 1 aliphatic heterocycles. The molecule has 7 heteroatoms. The fourth-order valence-corrected chi connectivity index (χ4v) is 2.81. The quantitative estimate of drug-likeness (QED) is 0.892. The number of benzene rings is 1. The summed E-state index contributed by atoms with van der Waals surface area (Å²) in [6.07, 6.45) is 2.46. The van der Waals surface area contributed by atoms with Crippen LogP contribution in [-0.4, -0.2) is 27.4 Å². The van der Waals surface area contributed by atoms with Crippen molar-refractivity contribution in [1.82, 2.24) is 20.2 Å². The Morgan fingerprint density at radius 2 is 2.29 bits per heavy atom. The number of H-pyrrole nitrogens is 1. The summed E-state index contributed by atoms with van der Waals surface area (Å²) in [4.78, 5) is 21.2. The second-order valence-electron chi connectivity index (χ2n) is 4.89. The molecule has 2 N–H and O–H groups in total. The van der Waals surface area contributed by atoms with E-state index in [0.717, 1.165) is 23.4 Å². The fourth-order valence-electron chi connectivity index (χ4n) is 2.33. The van der Waals surface area contributed by atoms with Crippen LogP contribution in [0.2, 0.25) is 10.0 Å². The lowest BCUT2D eigenvalue weighted by molar-refractivity contribution is 0.191. The highest BCUT2D eigenvalue weighted by atomic mass is 35.5. The van der Waals surface area contributed by atoms with Gasteiger partial charge in [-0.3, -0.25) is 0 Å². The largest absolute Gasteiger partial charge is 0.348 e. The molecule has 0 fully saturated rings. The Balaban J connectivity index is 1.60. The van der Waals surface area contributed by atoms with Crippen LogP contribution in [0.1, 0.15) is 17.0 Å². The number of urea groups is 1. The number of imidazole rings is 1. The highest BCUT2D eigenvalue weighted by molar-refractivity contribution is 6.35. The second-order valence-corrected chi connectivity index (χ2v) is 5.74. The smallest absolute Gasteiger partial charge is 0.318 e. The molecule has 3 rings (SSSR count). The number of amides is 2. The third-order valence-corrected chi connectivity index (χ3v) is 4.10. The zero-order chi connectivity index (χ0) is 14.8. The lowest BCUT2D eigenvalue weighted by Gasteiger charge is -2.26. The molecule has 21 heavy (non-hydrogen) atoms. The number of hydrogen-bond donors (Lipinski definition) is 2. The fraction of sp³-hybridized carbons (Fsp3) is 0.286. The maximum atomic E-state index is 12.2. The molecule has 5 nitrogen and oxygen atoms in total. The van der Waals surface area contributed by atoms with Gasteiger partial charge >= 0.3 is 6.03 Å². The van der Waals surface area contributed by atoms with Crippen LogP contribution in [0.3, 0.4) is 0 Å². The molecule has 110 valence electrons. The van der Waals surface area contributed by atoms with Gasteiger partial charge in [-0.2, -0.15) is 0 Å². The minimum Gasteiger partial charge on any atom is -0.348 e. The van der Waals surface area contributed by atoms with Gasteiger partial charge in [0.15, 0.2) is 0 Å². The molecular weight excluding hydrogens is 311 g/mol. The molecule has 1 aromatic heterocycles. The Morgan fingerprint density at radius 1 is 1.43 bits per heavy atom.